The van der Waals surface area contributed by atoms with Crippen LogP contribution in [0, 0.1) is 6.92 Å². The van der Waals surface area contributed by atoms with E-state index < -0.39 is 6.04 Å². The van der Waals surface area contributed by atoms with Crippen LogP contribution in [0.3, 0.4) is 0 Å². The highest BCUT2D eigenvalue weighted by molar-refractivity contribution is 5.94. The molecule has 26 heavy (non-hydrogen) atoms. The molecule has 2 aromatic rings. The highest BCUT2D eigenvalue weighted by Crippen LogP contribution is 2.19. The van der Waals surface area contributed by atoms with Crippen molar-refractivity contribution < 1.29 is 9.59 Å². The molecule has 1 fully saturated rings. The Kier molecular flexibility index (Phi) is 5.89. The average molecular weight is 351 g/mol. The second kappa shape index (κ2) is 8.52. The molecule has 5 heteroatoms. The third-order valence-corrected chi connectivity index (χ3v) is 4.67. The van der Waals surface area contributed by atoms with Gasteiger partial charge in [0.05, 0.1) is 0 Å². The number of aryl methyl sites for hydroxylation is 1. The predicted octanol–water partition coefficient (Wildman–Crippen LogP) is 3.35. The maximum absolute atomic E-state index is 12.5. The highest BCUT2D eigenvalue weighted by Gasteiger charge is 2.33. The molecule has 136 valence electrons. The number of carbonyl (C=O) groups is 2. The lowest BCUT2D eigenvalue weighted by Crippen LogP contribution is -2.47. The van der Waals surface area contributed by atoms with Crippen molar-refractivity contribution in [3.63, 3.8) is 0 Å². The summed E-state index contributed by atoms with van der Waals surface area (Å²) in [5.74, 6) is -0.0718. The van der Waals surface area contributed by atoms with E-state index in [1.807, 2.05) is 61.5 Å². The van der Waals surface area contributed by atoms with Crippen molar-refractivity contribution in [1.29, 1.82) is 0 Å². The highest BCUT2D eigenvalue weighted by atomic mass is 16.2. The minimum Gasteiger partial charge on any atom is -0.354 e. The van der Waals surface area contributed by atoms with Crippen LogP contribution in [0.4, 0.5) is 10.5 Å². The summed E-state index contributed by atoms with van der Waals surface area (Å²) < 4.78 is 0. The molecule has 1 atom stereocenters. The standard InChI is InChI=1S/C21H25N3O2/c1-16-9-11-18(12-10-16)23-21(26)24-15-5-8-19(24)20(25)22-14-13-17-6-3-2-4-7-17/h2-4,6-7,9-12,19H,5,8,13-15H2,1H3,(H,22,25)(H,23,26). The van der Waals surface area contributed by atoms with Crippen LogP contribution in [0.25, 0.3) is 0 Å². The van der Waals surface area contributed by atoms with Crippen molar-refractivity contribution in [2.75, 3.05) is 18.4 Å². The van der Waals surface area contributed by atoms with E-state index in [1.165, 1.54) is 5.56 Å². The third kappa shape index (κ3) is 4.63. The van der Waals surface area contributed by atoms with Crippen LogP contribution < -0.4 is 10.6 Å². The molecule has 0 radical (unpaired) electrons. The van der Waals surface area contributed by atoms with E-state index in [1.54, 1.807) is 4.90 Å². The van der Waals surface area contributed by atoms with Gasteiger partial charge in [-0.05, 0) is 43.9 Å². The molecular weight excluding hydrogens is 326 g/mol. The second-order valence-electron chi connectivity index (χ2n) is 6.67. The number of anilines is 1. The fourth-order valence-corrected chi connectivity index (χ4v) is 3.21. The van der Waals surface area contributed by atoms with Crippen molar-refractivity contribution >= 4 is 17.6 Å². The first-order chi connectivity index (χ1) is 12.6. The number of nitrogens with zero attached hydrogens (tertiary/aromatic N) is 1. The Balaban J connectivity index is 1.52. The predicted molar refractivity (Wildman–Crippen MR) is 103 cm³/mol. The van der Waals surface area contributed by atoms with Crippen LogP contribution >= 0.6 is 0 Å². The number of rotatable bonds is 5. The van der Waals surface area contributed by atoms with Gasteiger partial charge < -0.3 is 15.5 Å². The van der Waals surface area contributed by atoms with Gasteiger partial charge in [0.15, 0.2) is 0 Å². The average Bonchev–Trinajstić information content (AvgIpc) is 3.14. The van der Waals surface area contributed by atoms with E-state index in [9.17, 15) is 9.59 Å². The maximum Gasteiger partial charge on any atom is 0.322 e. The Morgan fingerprint density at radius 2 is 1.81 bits per heavy atom. The number of carbonyl (C=O) groups excluding carboxylic acids is 2. The van der Waals surface area contributed by atoms with Crippen LogP contribution in [-0.4, -0.2) is 36.0 Å². The van der Waals surface area contributed by atoms with Gasteiger partial charge in [-0.3, -0.25) is 4.79 Å². The molecule has 3 rings (SSSR count). The van der Waals surface area contributed by atoms with Crippen LogP contribution in [0.1, 0.15) is 24.0 Å². The minimum absolute atomic E-state index is 0.0718. The largest absolute Gasteiger partial charge is 0.354 e. The molecule has 1 aliphatic rings. The lowest BCUT2D eigenvalue weighted by molar-refractivity contribution is -0.124. The Hall–Kier alpha value is -2.82. The summed E-state index contributed by atoms with van der Waals surface area (Å²) in [5.41, 5.74) is 3.07. The molecule has 1 aliphatic heterocycles. The van der Waals surface area contributed by atoms with E-state index in [-0.39, 0.29) is 11.9 Å². The molecule has 1 saturated heterocycles. The number of likely N-dealkylation sites (tertiary alicyclic amines) is 1. The van der Waals surface area contributed by atoms with E-state index in [4.69, 9.17) is 0 Å². The van der Waals surface area contributed by atoms with E-state index in [0.29, 0.717) is 19.5 Å². The molecule has 0 saturated carbocycles. The van der Waals surface area contributed by atoms with Gasteiger partial charge in [0.2, 0.25) is 5.91 Å². The quantitative estimate of drug-likeness (QED) is 0.868. The van der Waals surface area contributed by atoms with Crippen molar-refractivity contribution in [3.8, 4) is 0 Å². The smallest absolute Gasteiger partial charge is 0.322 e. The lowest BCUT2D eigenvalue weighted by atomic mass is 10.1. The van der Waals surface area contributed by atoms with Crippen LogP contribution in [0.15, 0.2) is 54.6 Å². The summed E-state index contributed by atoms with van der Waals surface area (Å²) in [7, 11) is 0. The van der Waals surface area contributed by atoms with Crippen molar-refractivity contribution in [2.45, 2.75) is 32.2 Å². The summed E-state index contributed by atoms with van der Waals surface area (Å²) in [4.78, 5) is 26.7. The van der Waals surface area contributed by atoms with E-state index >= 15 is 0 Å². The monoisotopic (exact) mass is 351 g/mol. The van der Waals surface area contributed by atoms with Crippen LogP contribution in [0.2, 0.25) is 0 Å². The zero-order chi connectivity index (χ0) is 18.4. The number of amides is 3. The van der Waals surface area contributed by atoms with Gasteiger partial charge >= 0.3 is 6.03 Å². The van der Waals surface area contributed by atoms with Gasteiger partial charge in [0.1, 0.15) is 6.04 Å². The summed E-state index contributed by atoms with van der Waals surface area (Å²) in [6.45, 7) is 3.18. The van der Waals surface area contributed by atoms with Gasteiger partial charge in [0.25, 0.3) is 0 Å². The lowest BCUT2D eigenvalue weighted by Gasteiger charge is -2.24. The second-order valence-corrected chi connectivity index (χ2v) is 6.67. The molecule has 1 heterocycles. The molecule has 2 N–H and O–H groups in total. The summed E-state index contributed by atoms with van der Waals surface area (Å²) in [6.07, 6.45) is 2.34. The number of benzene rings is 2. The Morgan fingerprint density at radius 1 is 1.08 bits per heavy atom. The summed E-state index contributed by atoms with van der Waals surface area (Å²) in [6, 6.07) is 17.1. The zero-order valence-corrected chi connectivity index (χ0v) is 15.1. The van der Waals surface area contributed by atoms with Gasteiger partial charge in [0, 0.05) is 18.8 Å². The van der Waals surface area contributed by atoms with Gasteiger partial charge in [-0.15, -0.1) is 0 Å². The molecule has 0 aromatic heterocycles. The fraction of sp³-hybridized carbons (Fsp3) is 0.333. The summed E-state index contributed by atoms with van der Waals surface area (Å²) in [5, 5.41) is 5.85. The Morgan fingerprint density at radius 3 is 2.54 bits per heavy atom. The molecule has 0 spiro atoms. The first kappa shape index (κ1) is 18.0. The number of nitrogens with one attached hydrogen (secondary N) is 2. The molecule has 1 unspecified atom stereocenters. The minimum atomic E-state index is -0.392. The summed E-state index contributed by atoms with van der Waals surface area (Å²) >= 11 is 0. The Labute approximate surface area is 154 Å². The van der Waals surface area contributed by atoms with Gasteiger partial charge in [-0.25, -0.2) is 4.79 Å². The third-order valence-electron chi connectivity index (χ3n) is 4.67. The van der Waals surface area contributed by atoms with Crippen LogP contribution in [0.5, 0.6) is 0 Å². The first-order valence-corrected chi connectivity index (χ1v) is 9.09. The first-order valence-electron chi connectivity index (χ1n) is 9.09. The number of urea groups is 1. The molecular formula is C21H25N3O2. The molecule has 0 aliphatic carbocycles. The number of hydrogen-bond donors (Lipinski definition) is 2. The van der Waals surface area contributed by atoms with Crippen LogP contribution in [-0.2, 0) is 11.2 Å². The maximum atomic E-state index is 12.5. The molecule has 5 nitrogen and oxygen atoms in total. The Bertz CT molecular complexity index is 744. The zero-order valence-electron chi connectivity index (χ0n) is 15.1. The van der Waals surface area contributed by atoms with Crippen molar-refractivity contribution in [2.24, 2.45) is 0 Å². The topological polar surface area (TPSA) is 61.4 Å². The van der Waals surface area contributed by atoms with Gasteiger partial charge in [-0.1, -0.05) is 48.0 Å². The number of hydrogen-bond acceptors (Lipinski definition) is 2. The fourth-order valence-electron chi connectivity index (χ4n) is 3.21. The van der Waals surface area contributed by atoms with E-state index in [0.717, 1.165) is 24.1 Å². The van der Waals surface area contributed by atoms with E-state index in [2.05, 4.69) is 10.6 Å². The molecule has 0 bridgehead atoms. The van der Waals surface area contributed by atoms with Crippen molar-refractivity contribution in [1.82, 2.24) is 10.2 Å². The SMILES string of the molecule is Cc1ccc(NC(=O)N2CCCC2C(=O)NCCc2ccccc2)cc1. The normalized spacial score (nSPS) is 16.3. The van der Waals surface area contributed by atoms with Gasteiger partial charge in [-0.2, -0.15) is 0 Å². The molecule has 2 aromatic carbocycles. The molecule has 3 amide bonds. The van der Waals surface area contributed by atoms with Crippen molar-refractivity contribution in [3.05, 3.63) is 65.7 Å².